The van der Waals surface area contributed by atoms with Gasteiger partial charge in [0.2, 0.25) is 5.89 Å². The van der Waals surface area contributed by atoms with Crippen molar-refractivity contribution in [2.75, 3.05) is 5.32 Å². The number of rotatable bonds is 5. The van der Waals surface area contributed by atoms with Gasteiger partial charge in [0.05, 0.1) is 11.3 Å². The van der Waals surface area contributed by atoms with Crippen molar-refractivity contribution >= 4 is 23.4 Å². The van der Waals surface area contributed by atoms with Gasteiger partial charge in [-0.1, -0.05) is 17.3 Å². The van der Waals surface area contributed by atoms with Crippen LogP contribution in [0.4, 0.5) is 10.1 Å². The fourth-order valence-electron chi connectivity index (χ4n) is 2.28. The molecular formula is C18H16FN3O2S. The lowest BCUT2D eigenvalue weighted by Crippen LogP contribution is -2.14. The highest BCUT2D eigenvalue weighted by Gasteiger charge is 2.14. The summed E-state index contributed by atoms with van der Waals surface area (Å²) in [5.41, 5.74) is 1.78. The van der Waals surface area contributed by atoms with Gasteiger partial charge >= 0.3 is 0 Å². The molecule has 1 heterocycles. The van der Waals surface area contributed by atoms with Gasteiger partial charge in [-0.2, -0.15) is 4.98 Å². The average molecular weight is 357 g/mol. The first-order chi connectivity index (χ1) is 12.0. The molecule has 1 N–H and O–H groups in total. The SMILES string of the molecule is Cc1noc(CSc2ccccc2C(=O)Nc2ccc(F)cc2C)n1. The zero-order valence-corrected chi connectivity index (χ0v) is 14.6. The van der Waals surface area contributed by atoms with Crippen molar-refractivity contribution in [2.24, 2.45) is 0 Å². The van der Waals surface area contributed by atoms with E-state index in [1.165, 1.54) is 23.9 Å². The van der Waals surface area contributed by atoms with Gasteiger partial charge in [-0.15, -0.1) is 11.8 Å². The fraction of sp³-hybridized carbons (Fsp3) is 0.167. The molecule has 3 aromatic rings. The number of carbonyl (C=O) groups is 1. The van der Waals surface area contributed by atoms with Gasteiger partial charge < -0.3 is 9.84 Å². The van der Waals surface area contributed by atoms with Crippen LogP contribution in [0.3, 0.4) is 0 Å². The first-order valence-electron chi connectivity index (χ1n) is 7.61. The normalized spacial score (nSPS) is 10.7. The molecule has 1 amide bonds. The van der Waals surface area contributed by atoms with Crippen molar-refractivity contribution in [3.8, 4) is 0 Å². The molecule has 0 atom stereocenters. The van der Waals surface area contributed by atoms with E-state index >= 15 is 0 Å². The van der Waals surface area contributed by atoms with E-state index in [-0.39, 0.29) is 11.7 Å². The second-order valence-electron chi connectivity index (χ2n) is 5.43. The van der Waals surface area contributed by atoms with Gasteiger partial charge in [-0.05, 0) is 49.7 Å². The number of halogens is 1. The Morgan fingerprint density at radius 2 is 2.04 bits per heavy atom. The predicted molar refractivity (Wildman–Crippen MR) is 94.1 cm³/mol. The number of hydrogen-bond acceptors (Lipinski definition) is 5. The Kier molecular flexibility index (Phi) is 5.14. The molecule has 1 aromatic heterocycles. The monoisotopic (exact) mass is 357 g/mol. The zero-order valence-electron chi connectivity index (χ0n) is 13.7. The Hall–Kier alpha value is -2.67. The number of aromatic nitrogens is 2. The topological polar surface area (TPSA) is 68.0 Å². The Bertz CT molecular complexity index is 911. The van der Waals surface area contributed by atoms with Crippen LogP contribution in [-0.4, -0.2) is 16.0 Å². The van der Waals surface area contributed by atoms with Crippen LogP contribution in [-0.2, 0) is 5.75 Å². The van der Waals surface area contributed by atoms with E-state index in [9.17, 15) is 9.18 Å². The van der Waals surface area contributed by atoms with Crippen molar-refractivity contribution in [3.05, 3.63) is 71.1 Å². The maximum absolute atomic E-state index is 13.2. The second kappa shape index (κ2) is 7.48. The van der Waals surface area contributed by atoms with E-state index in [1.54, 1.807) is 32.0 Å². The van der Waals surface area contributed by atoms with Crippen LogP contribution in [0.25, 0.3) is 0 Å². The Labute approximate surface area is 148 Å². The Balaban J connectivity index is 1.76. The number of amides is 1. The predicted octanol–water partition coefficient (Wildman–Crippen LogP) is 4.37. The smallest absolute Gasteiger partial charge is 0.256 e. The van der Waals surface area contributed by atoms with Gasteiger partial charge in [0.15, 0.2) is 5.82 Å². The third-order valence-electron chi connectivity index (χ3n) is 3.49. The molecule has 0 spiro atoms. The van der Waals surface area contributed by atoms with Crippen molar-refractivity contribution in [1.29, 1.82) is 0 Å². The van der Waals surface area contributed by atoms with Crippen LogP contribution >= 0.6 is 11.8 Å². The lowest BCUT2D eigenvalue weighted by molar-refractivity contribution is 0.102. The summed E-state index contributed by atoms with van der Waals surface area (Å²) in [4.78, 5) is 17.6. The van der Waals surface area contributed by atoms with E-state index < -0.39 is 0 Å². The molecule has 0 saturated heterocycles. The van der Waals surface area contributed by atoms with Crippen LogP contribution in [0.1, 0.15) is 27.6 Å². The van der Waals surface area contributed by atoms with Gasteiger partial charge in [-0.3, -0.25) is 4.79 Å². The molecule has 7 heteroatoms. The van der Waals surface area contributed by atoms with E-state index in [0.717, 1.165) is 4.90 Å². The lowest BCUT2D eigenvalue weighted by Gasteiger charge is -2.11. The number of nitrogens with one attached hydrogen (secondary N) is 1. The van der Waals surface area contributed by atoms with Crippen LogP contribution in [0.2, 0.25) is 0 Å². The summed E-state index contributed by atoms with van der Waals surface area (Å²) < 4.78 is 18.3. The molecule has 0 aliphatic heterocycles. The molecule has 3 rings (SSSR count). The highest BCUT2D eigenvalue weighted by Crippen LogP contribution is 2.27. The number of carbonyl (C=O) groups excluding carboxylic acids is 1. The zero-order chi connectivity index (χ0) is 17.8. The highest BCUT2D eigenvalue weighted by atomic mass is 32.2. The van der Waals surface area contributed by atoms with Gasteiger partial charge in [-0.25, -0.2) is 4.39 Å². The molecule has 0 unspecified atom stereocenters. The molecular weight excluding hydrogens is 341 g/mol. The summed E-state index contributed by atoms with van der Waals surface area (Å²) in [5, 5.41) is 6.58. The Morgan fingerprint density at radius 3 is 2.76 bits per heavy atom. The molecule has 0 bridgehead atoms. The minimum Gasteiger partial charge on any atom is -0.338 e. The third-order valence-corrected chi connectivity index (χ3v) is 4.55. The summed E-state index contributed by atoms with van der Waals surface area (Å²) in [7, 11) is 0. The van der Waals surface area contributed by atoms with Crippen molar-refractivity contribution < 1.29 is 13.7 Å². The molecule has 5 nitrogen and oxygen atoms in total. The van der Waals surface area contributed by atoms with Crippen LogP contribution in [0.5, 0.6) is 0 Å². The molecule has 0 radical (unpaired) electrons. The summed E-state index contributed by atoms with van der Waals surface area (Å²) in [6.45, 7) is 3.50. The molecule has 2 aromatic carbocycles. The lowest BCUT2D eigenvalue weighted by atomic mass is 10.1. The summed E-state index contributed by atoms with van der Waals surface area (Å²) in [6, 6.07) is 11.5. The van der Waals surface area contributed by atoms with Crippen molar-refractivity contribution in [1.82, 2.24) is 10.1 Å². The number of benzene rings is 2. The number of anilines is 1. The first kappa shape index (κ1) is 17.2. The number of aryl methyl sites for hydroxylation is 2. The number of thioether (sulfide) groups is 1. The summed E-state index contributed by atoms with van der Waals surface area (Å²) in [5.74, 6) is 0.974. The Morgan fingerprint density at radius 1 is 1.24 bits per heavy atom. The molecule has 25 heavy (non-hydrogen) atoms. The van der Waals surface area contributed by atoms with Gasteiger partial charge in [0, 0.05) is 10.6 Å². The molecule has 0 fully saturated rings. The first-order valence-corrected chi connectivity index (χ1v) is 8.60. The van der Waals surface area contributed by atoms with Crippen LogP contribution in [0.15, 0.2) is 51.9 Å². The number of hydrogen-bond donors (Lipinski definition) is 1. The quantitative estimate of drug-likeness (QED) is 0.687. The minimum absolute atomic E-state index is 0.250. The van der Waals surface area contributed by atoms with E-state index in [0.29, 0.717) is 34.3 Å². The summed E-state index contributed by atoms with van der Waals surface area (Å²) in [6.07, 6.45) is 0. The molecule has 0 saturated carbocycles. The maximum Gasteiger partial charge on any atom is 0.256 e. The second-order valence-corrected chi connectivity index (χ2v) is 6.45. The maximum atomic E-state index is 13.2. The van der Waals surface area contributed by atoms with Gasteiger partial charge in [0.25, 0.3) is 5.91 Å². The molecule has 0 aliphatic carbocycles. The average Bonchev–Trinajstić information content (AvgIpc) is 3.01. The highest BCUT2D eigenvalue weighted by molar-refractivity contribution is 7.98. The van der Waals surface area contributed by atoms with E-state index in [4.69, 9.17) is 4.52 Å². The van der Waals surface area contributed by atoms with E-state index in [1.807, 2.05) is 12.1 Å². The fourth-order valence-corrected chi connectivity index (χ4v) is 3.16. The van der Waals surface area contributed by atoms with E-state index in [2.05, 4.69) is 15.5 Å². The number of nitrogens with zero attached hydrogens (tertiary/aromatic N) is 2. The van der Waals surface area contributed by atoms with Gasteiger partial charge in [0.1, 0.15) is 5.82 Å². The largest absolute Gasteiger partial charge is 0.338 e. The van der Waals surface area contributed by atoms with Crippen LogP contribution in [0, 0.1) is 19.7 Å². The minimum atomic E-state index is -0.332. The third kappa shape index (κ3) is 4.24. The molecule has 128 valence electrons. The van der Waals surface area contributed by atoms with Crippen molar-refractivity contribution in [3.63, 3.8) is 0 Å². The molecule has 0 aliphatic rings. The standard InChI is InChI=1S/C18H16FN3O2S/c1-11-9-13(19)7-8-15(11)21-18(23)14-5-3-4-6-16(14)25-10-17-20-12(2)22-24-17/h3-9H,10H2,1-2H3,(H,21,23). The van der Waals surface area contributed by atoms with Crippen molar-refractivity contribution in [2.45, 2.75) is 24.5 Å². The van der Waals surface area contributed by atoms with Crippen LogP contribution < -0.4 is 5.32 Å². The summed E-state index contributed by atoms with van der Waals surface area (Å²) >= 11 is 1.44.